The highest BCUT2D eigenvalue weighted by Crippen LogP contribution is 2.19. The lowest BCUT2D eigenvalue weighted by molar-refractivity contribution is 0.00209. The van der Waals surface area contributed by atoms with Gasteiger partial charge in [0.05, 0.1) is 25.5 Å². The average Bonchev–Trinajstić information content (AvgIpc) is 3.24. The SMILES string of the molecule is Cc1nc(C)n(C[C@@H]2CCCN2C[C@H](O)COCc2ccco2)n1. The number of aromatic nitrogens is 3. The molecule has 0 bridgehead atoms. The van der Waals surface area contributed by atoms with E-state index in [1.54, 1.807) is 6.26 Å². The Labute approximate surface area is 142 Å². The summed E-state index contributed by atoms with van der Waals surface area (Å²) in [6.45, 7) is 7.05. The largest absolute Gasteiger partial charge is 0.467 e. The molecule has 7 nitrogen and oxygen atoms in total. The Hall–Kier alpha value is -1.70. The molecule has 1 N–H and O–H groups in total. The highest BCUT2D eigenvalue weighted by molar-refractivity contribution is 4.96. The molecule has 2 aromatic heterocycles. The van der Waals surface area contributed by atoms with Gasteiger partial charge < -0.3 is 14.3 Å². The first-order valence-electron chi connectivity index (χ1n) is 8.52. The lowest BCUT2D eigenvalue weighted by atomic mass is 10.2. The maximum atomic E-state index is 10.2. The van der Waals surface area contributed by atoms with E-state index in [0.29, 0.717) is 25.8 Å². The zero-order valence-corrected chi connectivity index (χ0v) is 14.4. The number of ether oxygens (including phenoxy) is 1. The Bertz CT molecular complexity index is 626. The van der Waals surface area contributed by atoms with E-state index in [1.807, 2.05) is 30.7 Å². The molecule has 1 saturated heterocycles. The van der Waals surface area contributed by atoms with Crippen molar-refractivity contribution in [2.75, 3.05) is 19.7 Å². The summed E-state index contributed by atoms with van der Waals surface area (Å²) in [5.41, 5.74) is 0. The smallest absolute Gasteiger partial charge is 0.147 e. The summed E-state index contributed by atoms with van der Waals surface area (Å²) in [5.74, 6) is 2.53. The van der Waals surface area contributed by atoms with Gasteiger partial charge in [-0.1, -0.05) is 0 Å². The minimum absolute atomic E-state index is 0.311. The topological polar surface area (TPSA) is 76.6 Å². The van der Waals surface area contributed by atoms with E-state index in [0.717, 1.165) is 43.3 Å². The van der Waals surface area contributed by atoms with Crippen LogP contribution < -0.4 is 0 Å². The van der Waals surface area contributed by atoms with Crippen molar-refractivity contribution in [3.63, 3.8) is 0 Å². The average molecular weight is 334 g/mol. The van der Waals surface area contributed by atoms with Crippen molar-refractivity contribution in [1.29, 1.82) is 0 Å². The van der Waals surface area contributed by atoms with E-state index >= 15 is 0 Å². The Morgan fingerprint density at radius 1 is 1.46 bits per heavy atom. The molecular formula is C17H26N4O3. The van der Waals surface area contributed by atoms with E-state index in [1.165, 1.54) is 0 Å². The quantitative estimate of drug-likeness (QED) is 0.789. The second-order valence-electron chi connectivity index (χ2n) is 6.43. The number of aryl methyl sites for hydroxylation is 2. The molecule has 2 atom stereocenters. The number of hydrogen-bond acceptors (Lipinski definition) is 6. The molecule has 0 radical (unpaired) electrons. The Balaban J connectivity index is 1.45. The third kappa shape index (κ3) is 4.43. The van der Waals surface area contributed by atoms with Crippen LogP contribution in [0.5, 0.6) is 0 Å². The van der Waals surface area contributed by atoms with Crippen LogP contribution in [0.25, 0.3) is 0 Å². The van der Waals surface area contributed by atoms with Gasteiger partial charge in [0, 0.05) is 12.6 Å². The van der Waals surface area contributed by atoms with Gasteiger partial charge in [0.25, 0.3) is 0 Å². The second kappa shape index (κ2) is 7.92. The van der Waals surface area contributed by atoms with E-state index in [4.69, 9.17) is 9.15 Å². The number of aliphatic hydroxyl groups excluding tert-OH is 1. The number of aliphatic hydroxyl groups is 1. The van der Waals surface area contributed by atoms with E-state index in [9.17, 15) is 5.11 Å². The highest BCUT2D eigenvalue weighted by atomic mass is 16.5. The highest BCUT2D eigenvalue weighted by Gasteiger charge is 2.27. The van der Waals surface area contributed by atoms with Crippen molar-refractivity contribution in [3.8, 4) is 0 Å². The van der Waals surface area contributed by atoms with Gasteiger partial charge in [0.1, 0.15) is 24.0 Å². The van der Waals surface area contributed by atoms with Crippen molar-refractivity contribution in [3.05, 3.63) is 35.8 Å². The van der Waals surface area contributed by atoms with Crippen LogP contribution in [0.3, 0.4) is 0 Å². The molecule has 2 aromatic rings. The van der Waals surface area contributed by atoms with Crippen molar-refractivity contribution >= 4 is 0 Å². The van der Waals surface area contributed by atoms with Crippen molar-refractivity contribution in [2.24, 2.45) is 0 Å². The molecule has 24 heavy (non-hydrogen) atoms. The first kappa shape index (κ1) is 17.1. The molecule has 0 aliphatic carbocycles. The number of β-amino-alcohol motifs (C(OH)–C–C–N with tert-alkyl or cyclic N) is 1. The molecule has 0 spiro atoms. The predicted molar refractivity (Wildman–Crippen MR) is 88.5 cm³/mol. The van der Waals surface area contributed by atoms with Gasteiger partial charge in [-0.05, 0) is 45.4 Å². The van der Waals surface area contributed by atoms with Crippen LogP contribution in [0.15, 0.2) is 22.8 Å². The molecule has 3 heterocycles. The summed E-state index contributed by atoms with van der Waals surface area (Å²) < 4.78 is 12.7. The molecule has 7 heteroatoms. The zero-order chi connectivity index (χ0) is 16.9. The minimum Gasteiger partial charge on any atom is -0.467 e. The predicted octanol–water partition coefficient (Wildman–Crippen LogP) is 1.53. The summed E-state index contributed by atoms with van der Waals surface area (Å²) >= 11 is 0. The summed E-state index contributed by atoms with van der Waals surface area (Å²) in [6.07, 6.45) is 3.40. The molecule has 0 amide bonds. The summed E-state index contributed by atoms with van der Waals surface area (Å²) in [4.78, 5) is 6.69. The van der Waals surface area contributed by atoms with Gasteiger partial charge >= 0.3 is 0 Å². The maximum absolute atomic E-state index is 10.2. The first-order valence-corrected chi connectivity index (χ1v) is 8.52. The standard InChI is InChI=1S/C17H26N4O3/c1-13-18-14(2)21(19-13)9-15-5-3-7-20(15)10-16(22)11-23-12-17-6-4-8-24-17/h4,6,8,15-16,22H,3,5,7,9-12H2,1-2H3/t15-,16-/m0/s1. The van der Waals surface area contributed by atoms with Crippen LogP contribution in [0.1, 0.15) is 30.3 Å². The number of likely N-dealkylation sites (tertiary alicyclic amines) is 1. The minimum atomic E-state index is -0.501. The van der Waals surface area contributed by atoms with Gasteiger partial charge in [-0.25, -0.2) is 9.67 Å². The van der Waals surface area contributed by atoms with Gasteiger partial charge in [-0.2, -0.15) is 5.10 Å². The lowest BCUT2D eigenvalue weighted by Gasteiger charge is -2.26. The van der Waals surface area contributed by atoms with Gasteiger partial charge in [0.15, 0.2) is 0 Å². The number of hydrogen-bond donors (Lipinski definition) is 1. The molecule has 1 fully saturated rings. The van der Waals surface area contributed by atoms with Gasteiger partial charge in [-0.15, -0.1) is 0 Å². The molecule has 1 aliphatic rings. The summed E-state index contributed by atoms with van der Waals surface area (Å²) in [7, 11) is 0. The summed E-state index contributed by atoms with van der Waals surface area (Å²) in [6, 6.07) is 4.09. The van der Waals surface area contributed by atoms with Crippen LogP contribution >= 0.6 is 0 Å². The van der Waals surface area contributed by atoms with Gasteiger partial charge in [-0.3, -0.25) is 4.90 Å². The van der Waals surface area contributed by atoms with E-state index in [2.05, 4.69) is 15.0 Å². The van der Waals surface area contributed by atoms with E-state index in [-0.39, 0.29) is 0 Å². The second-order valence-corrected chi connectivity index (χ2v) is 6.43. The Morgan fingerprint density at radius 2 is 2.33 bits per heavy atom. The zero-order valence-electron chi connectivity index (χ0n) is 14.4. The normalized spacial score (nSPS) is 19.9. The molecule has 0 unspecified atom stereocenters. The van der Waals surface area contributed by atoms with Crippen molar-refractivity contribution in [1.82, 2.24) is 19.7 Å². The van der Waals surface area contributed by atoms with E-state index < -0.39 is 6.10 Å². The lowest BCUT2D eigenvalue weighted by Crippen LogP contribution is -2.40. The molecule has 3 rings (SSSR count). The molecule has 0 aromatic carbocycles. The fourth-order valence-electron chi connectivity index (χ4n) is 3.29. The third-order valence-electron chi connectivity index (χ3n) is 4.43. The maximum Gasteiger partial charge on any atom is 0.147 e. The van der Waals surface area contributed by atoms with Crippen LogP contribution in [0.4, 0.5) is 0 Å². The van der Waals surface area contributed by atoms with Crippen molar-refractivity contribution < 1.29 is 14.3 Å². The number of rotatable bonds is 8. The Morgan fingerprint density at radius 3 is 3.04 bits per heavy atom. The first-order chi connectivity index (χ1) is 11.6. The molecule has 1 aliphatic heterocycles. The fourth-order valence-corrected chi connectivity index (χ4v) is 3.29. The molecule has 0 saturated carbocycles. The van der Waals surface area contributed by atoms with Crippen LogP contribution in [0.2, 0.25) is 0 Å². The summed E-state index contributed by atoms with van der Waals surface area (Å²) in [5, 5.41) is 14.7. The third-order valence-corrected chi connectivity index (χ3v) is 4.43. The Kier molecular flexibility index (Phi) is 5.65. The van der Waals surface area contributed by atoms with Crippen molar-refractivity contribution in [2.45, 2.75) is 52.0 Å². The monoisotopic (exact) mass is 334 g/mol. The van der Waals surface area contributed by atoms with Crippen LogP contribution in [0, 0.1) is 13.8 Å². The molecular weight excluding hydrogens is 308 g/mol. The molecule has 132 valence electrons. The number of furan rings is 1. The van der Waals surface area contributed by atoms with Crippen LogP contribution in [-0.4, -0.2) is 56.6 Å². The van der Waals surface area contributed by atoms with Gasteiger partial charge in [0.2, 0.25) is 0 Å². The number of nitrogens with zero attached hydrogens (tertiary/aromatic N) is 4. The fraction of sp³-hybridized carbons (Fsp3) is 0.647. The van der Waals surface area contributed by atoms with Crippen LogP contribution in [-0.2, 0) is 17.9 Å².